The Morgan fingerprint density at radius 3 is 2.82 bits per heavy atom. The Hall–Kier alpha value is -2.21. The second kappa shape index (κ2) is 5.53. The van der Waals surface area contributed by atoms with Gasteiger partial charge in [-0.05, 0) is 58.7 Å². The summed E-state index contributed by atoms with van der Waals surface area (Å²) in [6.07, 6.45) is 1.84. The van der Waals surface area contributed by atoms with Crippen LogP contribution in [0.15, 0.2) is 41.0 Å². The van der Waals surface area contributed by atoms with E-state index in [1.54, 1.807) is 12.3 Å². The Labute approximate surface area is 134 Å². The van der Waals surface area contributed by atoms with Gasteiger partial charge in [-0.15, -0.1) is 0 Å². The van der Waals surface area contributed by atoms with Crippen molar-refractivity contribution in [2.45, 2.75) is 13.3 Å². The Bertz CT molecular complexity index is 888. The van der Waals surface area contributed by atoms with Crippen LogP contribution in [0.4, 0.5) is 4.39 Å². The van der Waals surface area contributed by atoms with E-state index in [2.05, 4.69) is 20.9 Å². The number of fused-ring (bicyclic) bond motifs is 1. The highest BCUT2D eigenvalue weighted by Crippen LogP contribution is 2.26. The minimum atomic E-state index is -0.455. The summed E-state index contributed by atoms with van der Waals surface area (Å²) in [5.74, 6) is -0.104. The first-order valence-electron chi connectivity index (χ1n) is 6.67. The molecular formula is C16H13BrFN3O. The van der Waals surface area contributed by atoms with Gasteiger partial charge in [-0.2, -0.15) is 0 Å². The van der Waals surface area contributed by atoms with Gasteiger partial charge in [0.05, 0.1) is 17.6 Å². The Morgan fingerprint density at radius 1 is 1.36 bits per heavy atom. The molecule has 0 aliphatic rings. The van der Waals surface area contributed by atoms with Crippen molar-refractivity contribution in [2.75, 3.05) is 0 Å². The zero-order valence-corrected chi connectivity index (χ0v) is 13.4. The van der Waals surface area contributed by atoms with E-state index < -0.39 is 5.91 Å². The van der Waals surface area contributed by atoms with Crippen molar-refractivity contribution in [1.82, 2.24) is 9.55 Å². The lowest BCUT2D eigenvalue weighted by molar-refractivity contribution is -0.117. The zero-order valence-electron chi connectivity index (χ0n) is 11.8. The molecule has 3 aromatic rings. The normalized spacial score (nSPS) is 11.0. The summed E-state index contributed by atoms with van der Waals surface area (Å²) in [6, 6.07) is 8.23. The number of halogens is 2. The van der Waals surface area contributed by atoms with Gasteiger partial charge >= 0.3 is 0 Å². The standard InChI is InChI=1S/C16H13BrFN3O/c1-9-13(17)3-5-16(20-9)21-8-10(6-15(19)22)12-7-11(18)2-4-14(12)21/h2-5,7-8H,6H2,1H3,(H2,19,22). The molecule has 0 saturated carbocycles. The summed E-state index contributed by atoms with van der Waals surface area (Å²) < 4.78 is 16.3. The van der Waals surface area contributed by atoms with Gasteiger partial charge in [0.25, 0.3) is 0 Å². The molecule has 1 amide bonds. The number of aromatic nitrogens is 2. The van der Waals surface area contributed by atoms with E-state index in [4.69, 9.17) is 5.73 Å². The van der Waals surface area contributed by atoms with Crippen LogP contribution in [0.5, 0.6) is 0 Å². The molecule has 22 heavy (non-hydrogen) atoms. The molecule has 2 N–H and O–H groups in total. The summed E-state index contributed by atoms with van der Waals surface area (Å²) in [4.78, 5) is 15.8. The van der Waals surface area contributed by atoms with Crippen molar-refractivity contribution in [3.63, 3.8) is 0 Å². The third-order valence-electron chi connectivity index (χ3n) is 3.47. The third kappa shape index (κ3) is 2.62. The molecule has 0 saturated heterocycles. The molecule has 2 aromatic heterocycles. The predicted molar refractivity (Wildman–Crippen MR) is 86.4 cm³/mol. The maximum atomic E-state index is 13.5. The topological polar surface area (TPSA) is 60.9 Å². The molecule has 0 unspecified atom stereocenters. The molecule has 6 heteroatoms. The fraction of sp³-hybridized carbons (Fsp3) is 0.125. The van der Waals surface area contributed by atoms with E-state index in [0.29, 0.717) is 16.8 Å². The lowest BCUT2D eigenvalue weighted by Crippen LogP contribution is -2.13. The van der Waals surface area contributed by atoms with Crippen LogP contribution in [-0.2, 0) is 11.2 Å². The lowest BCUT2D eigenvalue weighted by atomic mass is 10.1. The Kier molecular flexibility index (Phi) is 3.70. The van der Waals surface area contributed by atoms with Crippen LogP contribution < -0.4 is 5.73 Å². The molecule has 0 radical (unpaired) electrons. The summed E-state index contributed by atoms with van der Waals surface area (Å²) in [7, 11) is 0. The van der Waals surface area contributed by atoms with Crippen molar-refractivity contribution in [3.05, 3.63) is 58.1 Å². The van der Waals surface area contributed by atoms with Crippen LogP contribution in [0.2, 0.25) is 0 Å². The highest BCUT2D eigenvalue weighted by molar-refractivity contribution is 9.10. The van der Waals surface area contributed by atoms with Gasteiger partial charge in [0.1, 0.15) is 11.6 Å². The summed E-state index contributed by atoms with van der Waals surface area (Å²) in [5.41, 5.74) is 7.60. The summed E-state index contributed by atoms with van der Waals surface area (Å²) in [5, 5.41) is 0.668. The molecule has 0 bridgehead atoms. The van der Waals surface area contributed by atoms with E-state index in [1.807, 2.05) is 23.6 Å². The van der Waals surface area contributed by atoms with Crippen LogP contribution in [0.1, 0.15) is 11.3 Å². The van der Waals surface area contributed by atoms with Gasteiger partial charge in [-0.3, -0.25) is 4.79 Å². The van der Waals surface area contributed by atoms with Crippen LogP contribution in [-0.4, -0.2) is 15.5 Å². The number of primary amides is 1. The number of carbonyl (C=O) groups is 1. The predicted octanol–water partition coefficient (Wildman–Crippen LogP) is 3.26. The molecule has 4 nitrogen and oxygen atoms in total. The molecular weight excluding hydrogens is 349 g/mol. The van der Waals surface area contributed by atoms with Crippen LogP contribution >= 0.6 is 15.9 Å². The first-order chi connectivity index (χ1) is 10.5. The largest absolute Gasteiger partial charge is 0.369 e. The highest BCUT2D eigenvalue weighted by atomic mass is 79.9. The molecule has 0 aliphatic carbocycles. The maximum Gasteiger partial charge on any atom is 0.221 e. The van der Waals surface area contributed by atoms with Gasteiger partial charge in [0, 0.05) is 16.1 Å². The zero-order chi connectivity index (χ0) is 15.9. The van der Waals surface area contributed by atoms with Crippen molar-refractivity contribution in [1.29, 1.82) is 0 Å². The number of rotatable bonds is 3. The first-order valence-corrected chi connectivity index (χ1v) is 7.46. The number of hydrogen-bond acceptors (Lipinski definition) is 2. The van der Waals surface area contributed by atoms with E-state index >= 15 is 0 Å². The number of nitrogens with zero attached hydrogens (tertiary/aromatic N) is 2. The second-order valence-corrected chi connectivity index (χ2v) is 5.92. The smallest absolute Gasteiger partial charge is 0.221 e. The lowest BCUT2D eigenvalue weighted by Gasteiger charge is -2.06. The fourth-order valence-corrected chi connectivity index (χ4v) is 2.67. The van der Waals surface area contributed by atoms with Gasteiger partial charge in [-0.1, -0.05) is 0 Å². The number of hydrogen-bond donors (Lipinski definition) is 1. The van der Waals surface area contributed by atoms with Crippen LogP contribution in [0.25, 0.3) is 16.7 Å². The Morgan fingerprint density at radius 2 is 2.14 bits per heavy atom. The van der Waals surface area contributed by atoms with Crippen molar-refractivity contribution in [3.8, 4) is 5.82 Å². The molecule has 112 valence electrons. The molecule has 1 aromatic carbocycles. The van der Waals surface area contributed by atoms with Gasteiger partial charge < -0.3 is 10.3 Å². The molecule has 2 heterocycles. The van der Waals surface area contributed by atoms with Gasteiger partial charge in [0.2, 0.25) is 5.91 Å². The molecule has 0 spiro atoms. The minimum Gasteiger partial charge on any atom is -0.369 e. The average molecular weight is 362 g/mol. The molecule has 0 aliphatic heterocycles. The third-order valence-corrected chi connectivity index (χ3v) is 4.31. The number of benzene rings is 1. The van der Waals surface area contributed by atoms with Crippen molar-refractivity contribution >= 4 is 32.7 Å². The monoisotopic (exact) mass is 361 g/mol. The summed E-state index contributed by atoms with van der Waals surface area (Å²) in [6.45, 7) is 1.89. The number of carbonyl (C=O) groups excluding carboxylic acids is 1. The van der Waals surface area contributed by atoms with Crippen molar-refractivity contribution < 1.29 is 9.18 Å². The Balaban J connectivity index is 2.25. The van der Waals surface area contributed by atoms with Gasteiger partial charge in [-0.25, -0.2) is 9.37 Å². The number of aryl methyl sites for hydroxylation is 1. The summed E-state index contributed by atoms with van der Waals surface area (Å²) >= 11 is 3.42. The number of nitrogens with two attached hydrogens (primary N) is 1. The molecule has 0 fully saturated rings. The molecule has 0 atom stereocenters. The maximum absolute atomic E-state index is 13.5. The second-order valence-electron chi connectivity index (χ2n) is 5.07. The number of amides is 1. The average Bonchev–Trinajstić information content (AvgIpc) is 2.79. The van der Waals surface area contributed by atoms with E-state index in [9.17, 15) is 9.18 Å². The van der Waals surface area contributed by atoms with Crippen molar-refractivity contribution in [2.24, 2.45) is 5.73 Å². The minimum absolute atomic E-state index is 0.0580. The molecule has 3 rings (SSSR count). The quantitative estimate of drug-likeness (QED) is 0.778. The van der Waals surface area contributed by atoms with Crippen LogP contribution in [0, 0.1) is 12.7 Å². The first kappa shape index (κ1) is 14.7. The SMILES string of the molecule is Cc1nc(-n2cc(CC(N)=O)c3cc(F)ccc32)ccc1Br. The van der Waals surface area contributed by atoms with Crippen LogP contribution in [0.3, 0.4) is 0 Å². The van der Waals surface area contributed by atoms with E-state index in [1.165, 1.54) is 12.1 Å². The fourth-order valence-electron chi connectivity index (χ4n) is 2.45. The number of pyridine rings is 1. The van der Waals surface area contributed by atoms with E-state index in [-0.39, 0.29) is 12.2 Å². The highest BCUT2D eigenvalue weighted by Gasteiger charge is 2.13. The van der Waals surface area contributed by atoms with Gasteiger partial charge in [0.15, 0.2) is 0 Å². The van der Waals surface area contributed by atoms with E-state index in [0.717, 1.165) is 15.7 Å².